The molecule has 114 valence electrons. The minimum atomic E-state index is -0.298. The first kappa shape index (κ1) is 15.5. The van der Waals surface area contributed by atoms with Crippen LogP contribution in [0.3, 0.4) is 0 Å². The number of aryl methyl sites for hydroxylation is 1. The van der Waals surface area contributed by atoms with E-state index in [1.54, 1.807) is 0 Å². The molecule has 0 fully saturated rings. The fraction of sp³-hybridized carbons (Fsp3) is 0.500. The number of nitrogens with zero attached hydrogens (tertiary/aromatic N) is 2. The molecule has 1 aromatic carbocycles. The van der Waals surface area contributed by atoms with Crippen LogP contribution in [0.1, 0.15) is 27.2 Å². The fourth-order valence-electron chi connectivity index (χ4n) is 2.37. The first-order chi connectivity index (χ1) is 10.1. The molecule has 2 aromatic rings. The van der Waals surface area contributed by atoms with Crippen molar-refractivity contribution >= 4 is 16.9 Å². The molecule has 1 N–H and O–H groups in total. The van der Waals surface area contributed by atoms with Crippen LogP contribution in [0.5, 0.6) is 0 Å². The van der Waals surface area contributed by atoms with Gasteiger partial charge in [0, 0.05) is 18.0 Å². The summed E-state index contributed by atoms with van der Waals surface area (Å²) < 4.78 is 7.07. The molecule has 1 unspecified atom stereocenters. The number of fused-ring (bicyclic) bond motifs is 1. The van der Waals surface area contributed by atoms with E-state index in [2.05, 4.69) is 10.4 Å². The number of ether oxygens (including phenoxy) is 1. The summed E-state index contributed by atoms with van der Waals surface area (Å²) in [6.07, 6.45) is 2.51. The molecular weight excluding hydrogens is 266 g/mol. The fourth-order valence-corrected chi connectivity index (χ4v) is 2.37. The number of esters is 1. The number of nitrogens with one attached hydrogen (secondary N) is 1. The summed E-state index contributed by atoms with van der Waals surface area (Å²) in [5.74, 6) is -0.192. The minimum absolute atomic E-state index is 0.192. The standard InChI is InChI=1S/C16H23N3O2/c1-4-21-16(20)14(18-12(2)3)9-10-19-15-8-6-5-7-13(15)11-17-19/h5-8,11-12,14,18H,4,9-10H2,1-3H3. The highest BCUT2D eigenvalue weighted by Gasteiger charge is 2.20. The molecule has 0 amide bonds. The van der Waals surface area contributed by atoms with Crippen LogP contribution in [0.2, 0.25) is 0 Å². The Bertz CT molecular complexity index is 592. The third kappa shape index (κ3) is 4.04. The zero-order chi connectivity index (χ0) is 15.2. The number of para-hydroxylation sites is 1. The van der Waals surface area contributed by atoms with Crippen molar-refractivity contribution in [1.29, 1.82) is 0 Å². The van der Waals surface area contributed by atoms with E-state index in [1.165, 1.54) is 0 Å². The summed E-state index contributed by atoms with van der Waals surface area (Å²) in [6.45, 7) is 6.95. The maximum absolute atomic E-state index is 12.0. The summed E-state index contributed by atoms with van der Waals surface area (Å²) >= 11 is 0. The molecule has 5 nitrogen and oxygen atoms in total. The summed E-state index contributed by atoms with van der Waals surface area (Å²) in [6, 6.07) is 8.00. The lowest BCUT2D eigenvalue weighted by Crippen LogP contribution is -2.42. The molecular formula is C16H23N3O2. The Hall–Kier alpha value is -1.88. The smallest absolute Gasteiger partial charge is 0.323 e. The van der Waals surface area contributed by atoms with Gasteiger partial charge in [-0.1, -0.05) is 32.0 Å². The van der Waals surface area contributed by atoms with Gasteiger partial charge in [-0.3, -0.25) is 9.48 Å². The second-order valence-electron chi connectivity index (χ2n) is 5.34. The molecule has 0 spiro atoms. The number of hydrogen-bond donors (Lipinski definition) is 1. The van der Waals surface area contributed by atoms with Gasteiger partial charge in [-0.2, -0.15) is 5.10 Å². The molecule has 0 saturated carbocycles. The van der Waals surface area contributed by atoms with Crippen LogP contribution >= 0.6 is 0 Å². The predicted octanol–water partition coefficient (Wildman–Crippen LogP) is 2.36. The Morgan fingerprint density at radius 3 is 2.86 bits per heavy atom. The third-order valence-corrected chi connectivity index (χ3v) is 3.29. The molecule has 0 bridgehead atoms. The van der Waals surface area contributed by atoms with E-state index in [9.17, 15) is 4.79 Å². The van der Waals surface area contributed by atoms with E-state index in [4.69, 9.17) is 4.74 Å². The average Bonchev–Trinajstić information content (AvgIpc) is 2.86. The molecule has 0 aliphatic carbocycles. The molecule has 1 heterocycles. The van der Waals surface area contributed by atoms with Crippen LogP contribution in [0, 0.1) is 0 Å². The van der Waals surface area contributed by atoms with Gasteiger partial charge in [0.2, 0.25) is 0 Å². The summed E-state index contributed by atoms with van der Waals surface area (Å²) in [5, 5.41) is 8.76. The molecule has 0 saturated heterocycles. The largest absolute Gasteiger partial charge is 0.465 e. The minimum Gasteiger partial charge on any atom is -0.465 e. The Morgan fingerprint density at radius 2 is 2.14 bits per heavy atom. The van der Waals surface area contributed by atoms with Crippen LogP contribution in [-0.4, -0.2) is 34.4 Å². The monoisotopic (exact) mass is 289 g/mol. The summed E-state index contributed by atoms with van der Waals surface area (Å²) in [5.41, 5.74) is 1.09. The zero-order valence-corrected chi connectivity index (χ0v) is 12.9. The molecule has 2 rings (SSSR count). The van der Waals surface area contributed by atoms with Gasteiger partial charge in [-0.25, -0.2) is 0 Å². The highest BCUT2D eigenvalue weighted by Crippen LogP contribution is 2.13. The van der Waals surface area contributed by atoms with Gasteiger partial charge >= 0.3 is 5.97 Å². The third-order valence-electron chi connectivity index (χ3n) is 3.29. The Kier molecular flexibility index (Phi) is 5.33. The van der Waals surface area contributed by atoms with Gasteiger partial charge in [-0.05, 0) is 19.4 Å². The number of hydrogen-bond acceptors (Lipinski definition) is 4. The van der Waals surface area contributed by atoms with Gasteiger partial charge in [0.1, 0.15) is 6.04 Å². The first-order valence-corrected chi connectivity index (χ1v) is 7.45. The number of carbonyl (C=O) groups excluding carboxylic acids is 1. The quantitative estimate of drug-likeness (QED) is 0.795. The van der Waals surface area contributed by atoms with Crippen molar-refractivity contribution in [3.05, 3.63) is 30.5 Å². The highest BCUT2D eigenvalue weighted by atomic mass is 16.5. The maximum atomic E-state index is 12.0. The van der Waals surface area contributed by atoms with Crippen LogP contribution in [0.25, 0.3) is 10.9 Å². The lowest BCUT2D eigenvalue weighted by atomic mass is 10.2. The van der Waals surface area contributed by atoms with Gasteiger partial charge in [0.15, 0.2) is 0 Å². The van der Waals surface area contributed by atoms with E-state index in [0.29, 0.717) is 19.6 Å². The average molecular weight is 289 g/mol. The summed E-state index contributed by atoms with van der Waals surface area (Å²) in [7, 11) is 0. The lowest BCUT2D eigenvalue weighted by molar-refractivity contribution is -0.146. The van der Waals surface area contributed by atoms with Crippen LogP contribution in [-0.2, 0) is 16.1 Å². The van der Waals surface area contributed by atoms with Crippen molar-refractivity contribution in [2.75, 3.05) is 6.61 Å². The molecule has 1 atom stereocenters. The molecule has 0 aliphatic heterocycles. The second kappa shape index (κ2) is 7.22. The second-order valence-corrected chi connectivity index (χ2v) is 5.34. The topological polar surface area (TPSA) is 56.2 Å². The van der Waals surface area contributed by atoms with Crippen LogP contribution < -0.4 is 5.32 Å². The van der Waals surface area contributed by atoms with E-state index in [1.807, 2.05) is 55.9 Å². The molecule has 5 heteroatoms. The highest BCUT2D eigenvalue weighted by molar-refractivity contribution is 5.78. The van der Waals surface area contributed by atoms with Crippen molar-refractivity contribution in [2.24, 2.45) is 0 Å². The number of rotatable bonds is 7. The lowest BCUT2D eigenvalue weighted by Gasteiger charge is -2.19. The van der Waals surface area contributed by atoms with E-state index in [-0.39, 0.29) is 18.1 Å². The molecule has 0 aliphatic rings. The molecule has 1 aromatic heterocycles. The van der Waals surface area contributed by atoms with Crippen molar-refractivity contribution in [3.8, 4) is 0 Å². The number of benzene rings is 1. The van der Waals surface area contributed by atoms with Crippen molar-refractivity contribution in [1.82, 2.24) is 15.1 Å². The zero-order valence-electron chi connectivity index (χ0n) is 12.9. The van der Waals surface area contributed by atoms with E-state index >= 15 is 0 Å². The Morgan fingerprint density at radius 1 is 1.38 bits per heavy atom. The summed E-state index contributed by atoms with van der Waals surface area (Å²) in [4.78, 5) is 12.0. The van der Waals surface area contributed by atoms with E-state index < -0.39 is 0 Å². The number of carbonyl (C=O) groups is 1. The normalized spacial score (nSPS) is 12.8. The van der Waals surface area contributed by atoms with Crippen molar-refractivity contribution in [3.63, 3.8) is 0 Å². The molecule has 0 radical (unpaired) electrons. The first-order valence-electron chi connectivity index (χ1n) is 7.45. The maximum Gasteiger partial charge on any atom is 0.323 e. The van der Waals surface area contributed by atoms with Gasteiger partial charge < -0.3 is 10.1 Å². The van der Waals surface area contributed by atoms with Gasteiger partial charge in [-0.15, -0.1) is 0 Å². The van der Waals surface area contributed by atoms with Crippen molar-refractivity contribution < 1.29 is 9.53 Å². The van der Waals surface area contributed by atoms with Crippen molar-refractivity contribution in [2.45, 2.75) is 45.8 Å². The van der Waals surface area contributed by atoms with Gasteiger partial charge in [0.25, 0.3) is 0 Å². The van der Waals surface area contributed by atoms with Gasteiger partial charge in [0.05, 0.1) is 18.3 Å². The number of aromatic nitrogens is 2. The SMILES string of the molecule is CCOC(=O)C(CCn1ncc2ccccc21)NC(C)C. The van der Waals surface area contributed by atoms with E-state index in [0.717, 1.165) is 10.9 Å². The van der Waals surface area contributed by atoms with Crippen LogP contribution in [0.15, 0.2) is 30.5 Å². The Balaban J connectivity index is 2.05. The van der Waals surface area contributed by atoms with Crippen LogP contribution in [0.4, 0.5) is 0 Å². The molecule has 21 heavy (non-hydrogen) atoms. The Labute approximate surface area is 125 Å². The predicted molar refractivity (Wildman–Crippen MR) is 83.0 cm³/mol.